The molecule has 0 bridgehead atoms. The van der Waals surface area contributed by atoms with Crippen LogP contribution in [0.25, 0.3) is 0 Å². The van der Waals surface area contributed by atoms with Crippen molar-refractivity contribution in [1.29, 1.82) is 0 Å². The molecular weight excluding hydrogens is 260 g/mol. The van der Waals surface area contributed by atoms with Gasteiger partial charge in [0.15, 0.2) is 5.82 Å². The molecule has 2 N–H and O–H groups in total. The normalized spacial score (nSPS) is 10.8. The van der Waals surface area contributed by atoms with Crippen molar-refractivity contribution in [3.8, 4) is 0 Å². The average molecular weight is 276 g/mol. The first-order valence-electron chi connectivity index (χ1n) is 6.24. The topological polar surface area (TPSA) is 101 Å². The number of nitrogens with zero attached hydrogens (tertiary/aromatic N) is 3. The molecule has 7 nitrogen and oxygen atoms in total. The standard InChI is InChI=1S/C13H16N4O3/c1-7(2)10-4-9(13(18)19)5-11(16-10)14-6-12-15-8(3)20-17-12/h4-5,7H,6H2,1-3H3,(H,14,16)(H,18,19). The Hall–Kier alpha value is -2.44. The molecule has 20 heavy (non-hydrogen) atoms. The zero-order chi connectivity index (χ0) is 14.7. The molecular formula is C13H16N4O3. The third-order valence-electron chi connectivity index (χ3n) is 2.68. The Kier molecular flexibility index (Phi) is 3.97. The fraction of sp³-hybridized carbons (Fsp3) is 0.385. The van der Waals surface area contributed by atoms with Gasteiger partial charge in [0.2, 0.25) is 5.89 Å². The van der Waals surface area contributed by atoms with Gasteiger partial charge in [-0.1, -0.05) is 19.0 Å². The van der Waals surface area contributed by atoms with E-state index in [2.05, 4.69) is 20.4 Å². The van der Waals surface area contributed by atoms with Gasteiger partial charge in [0.1, 0.15) is 5.82 Å². The molecule has 0 saturated heterocycles. The van der Waals surface area contributed by atoms with Crippen LogP contribution in [0.5, 0.6) is 0 Å². The first-order valence-corrected chi connectivity index (χ1v) is 6.24. The van der Waals surface area contributed by atoms with Gasteiger partial charge < -0.3 is 14.9 Å². The summed E-state index contributed by atoms with van der Waals surface area (Å²) in [6, 6.07) is 3.07. The monoisotopic (exact) mass is 276 g/mol. The number of rotatable bonds is 5. The highest BCUT2D eigenvalue weighted by Gasteiger charge is 2.11. The quantitative estimate of drug-likeness (QED) is 0.863. The largest absolute Gasteiger partial charge is 0.478 e. The number of pyridine rings is 1. The molecule has 7 heteroatoms. The third-order valence-corrected chi connectivity index (χ3v) is 2.68. The molecule has 0 radical (unpaired) electrons. The number of aromatic carboxylic acids is 1. The Labute approximate surface area is 116 Å². The van der Waals surface area contributed by atoms with Crippen molar-refractivity contribution in [3.05, 3.63) is 35.1 Å². The van der Waals surface area contributed by atoms with Gasteiger partial charge in [0, 0.05) is 12.6 Å². The summed E-state index contributed by atoms with van der Waals surface area (Å²) in [7, 11) is 0. The van der Waals surface area contributed by atoms with Crippen LogP contribution in [0.2, 0.25) is 0 Å². The second kappa shape index (κ2) is 5.68. The SMILES string of the molecule is Cc1nc(CNc2cc(C(=O)O)cc(C(C)C)n2)no1. The Morgan fingerprint density at radius 3 is 2.70 bits per heavy atom. The molecule has 0 aliphatic carbocycles. The predicted octanol–water partition coefficient (Wildman–Crippen LogP) is 2.21. The number of hydrogen-bond donors (Lipinski definition) is 2. The van der Waals surface area contributed by atoms with Crippen molar-refractivity contribution in [1.82, 2.24) is 15.1 Å². The first kappa shape index (κ1) is 14.0. The van der Waals surface area contributed by atoms with E-state index in [1.807, 2.05) is 13.8 Å². The number of nitrogens with one attached hydrogen (secondary N) is 1. The highest BCUT2D eigenvalue weighted by atomic mass is 16.5. The zero-order valence-electron chi connectivity index (χ0n) is 11.5. The summed E-state index contributed by atoms with van der Waals surface area (Å²) < 4.78 is 4.86. The number of carboxylic acids is 1. The number of anilines is 1. The first-order chi connectivity index (χ1) is 9.45. The minimum absolute atomic E-state index is 0.141. The van der Waals surface area contributed by atoms with Crippen LogP contribution >= 0.6 is 0 Å². The molecule has 0 unspecified atom stereocenters. The van der Waals surface area contributed by atoms with Crippen molar-refractivity contribution in [2.75, 3.05) is 5.32 Å². The van der Waals surface area contributed by atoms with Crippen LogP contribution in [0.3, 0.4) is 0 Å². The van der Waals surface area contributed by atoms with E-state index in [1.54, 1.807) is 13.0 Å². The van der Waals surface area contributed by atoms with Crippen LogP contribution in [0.15, 0.2) is 16.7 Å². The highest BCUT2D eigenvalue weighted by molar-refractivity contribution is 5.88. The summed E-state index contributed by atoms with van der Waals surface area (Å²) in [4.78, 5) is 19.5. The molecule has 2 heterocycles. The van der Waals surface area contributed by atoms with E-state index in [0.29, 0.717) is 24.1 Å². The van der Waals surface area contributed by atoms with Crippen molar-refractivity contribution >= 4 is 11.8 Å². The van der Waals surface area contributed by atoms with E-state index in [-0.39, 0.29) is 11.5 Å². The lowest BCUT2D eigenvalue weighted by Gasteiger charge is -2.10. The molecule has 106 valence electrons. The minimum atomic E-state index is -0.979. The predicted molar refractivity (Wildman–Crippen MR) is 71.6 cm³/mol. The Morgan fingerprint density at radius 2 is 2.15 bits per heavy atom. The highest BCUT2D eigenvalue weighted by Crippen LogP contribution is 2.18. The van der Waals surface area contributed by atoms with Crippen molar-refractivity contribution in [2.24, 2.45) is 0 Å². The molecule has 2 aromatic rings. The van der Waals surface area contributed by atoms with Crippen LogP contribution in [0.1, 0.15) is 47.5 Å². The van der Waals surface area contributed by atoms with Crippen molar-refractivity contribution in [2.45, 2.75) is 33.2 Å². The Bertz CT molecular complexity index is 622. The van der Waals surface area contributed by atoms with E-state index < -0.39 is 5.97 Å². The maximum atomic E-state index is 11.1. The second-order valence-electron chi connectivity index (χ2n) is 4.71. The number of carbonyl (C=O) groups is 1. The molecule has 0 fully saturated rings. The second-order valence-corrected chi connectivity index (χ2v) is 4.71. The van der Waals surface area contributed by atoms with E-state index in [0.717, 1.165) is 5.69 Å². The van der Waals surface area contributed by atoms with Crippen LogP contribution in [0.4, 0.5) is 5.82 Å². The number of hydrogen-bond acceptors (Lipinski definition) is 6. The minimum Gasteiger partial charge on any atom is -0.478 e. The van der Waals surface area contributed by atoms with Gasteiger partial charge in [0.05, 0.1) is 12.1 Å². The summed E-state index contributed by atoms with van der Waals surface area (Å²) in [5.41, 5.74) is 0.923. The lowest BCUT2D eigenvalue weighted by atomic mass is 10.1. The van der Waals surface area contributed by atoms with Gasteiger partial charge in [-0.05, 0) is 18.1 Å². The summed E-state index contributed by atoms with van der Waals surface area (Å²) in [5.74, 6) is 0.624. The van der Waals surface area contributed by atoms with Gasteiger partial charge in [0.25, 0.3) is 0 Å². The smallest absolute Gasteiger partial charge is 0.335 e. The van der Waals surface area contributed by atoms with Gasteiger partial charge in [-0.3, -0.25) is 0 Å². The summed E-state index contributed by atoms with van der Waals surface area (Å²) in [5, 5.41) is 15.9. The fourth-order valence-electron chi connectivity index (χ4n) is 1.64. The van der Waals surface area contributed by atoms with Crippen molar-refractivity contribution in [3.63, 3.8) is 0 Å². The van der Waals surface area contributed by atoms with Crippen LogP contribution in [-0.2, 0) is 6.54 Å². The Balaban J connectivity index is 2.19. The van der Waals surface area contributed by atoms with Crippen LogP contribution in [0, 0.1) is 6.92 Å². The summed E-state index contributed by atoms with van der Waals surface area (Å²) >= 11 is 0. The zero-order valence-corrected chi connectivity index (χ0v) is 11.5. The molecule has 0 amide bonds. The van der Waals surface area contributed by atoms with Gasteiger partial charge in [-0.15, -0.1) is 0 Å². The molecule has 0 aliphatic heterocycles. The third kappa shape index (κ3) is 3.31. The molecule has 0 spiro atoms. The average Bonchev–Trinajstić information content (AvgIpc) is 2.81. The molecule has 2 rings (SSSR count). The lowest BCUT2D eigenvalue weighted by Crippen LogP contribution is -2.08. The maximum absolute atomic E-state index is 11.1. The molecule has 0 aromatic carbocycles. The number of carboxylic acid groups (broad SMARTS) is 1. The van der Waals surface area contributed by atoms with Gasteiger partial charge in [-0.25, -0.2) is 9.78 Å². The van der Waals surface area contributed by atoms with Crippen LogP contribution in [-0.4, -0.2) is 26.2 Å². The summed E-state index contributed by atoms with van der Waals surface area (Å²) in [6.45, 7) is 5.95. The van der Waals surface area contributed by atoms with Crippen LogP contribution < -0.4 is 5.32 Å². The maximum Gasteiger partial charge on any atom is 0.335 e. The Morgan fingerprint density at radius 1 is 1.40 bits per heavy atom. The van der Waals surface area contributed by atoms with E-state index >= 15 is 0 Å². The summed E-state index contributed by atoms with van der Waals surface area (Å²) in [6.07, 6.45) is 0. The van der Waals surface area contributed by atoms with Gasteiger partial charge >= 0.3 is 5.97 Å². The van der Waals surface area contributed by atoms with E-state index in [4.69, 9.17) is 9.63 Å². The van der Waals surface area contributed by atoms with E-state index in [9.17, 15) is 4.79 Å². The van der Waals surface area contributed by atoms with E-state index in [1.165, 1.54) is 6.07 Å². The van der Waals surface area contributed by atoms with Gasteiger partial charge in [-0.2, -0.15) is 4.98 Å². The fourth-order valence-corrected chi connectivity index (χ4v) is 1.64. The number of aromatic nitrogens is 3. The molecule has 0 atom stereocenters. The van der Waals surface area contributed by atoms with Crippen molar-refractivity contribution < 1.29 is 14.4 Å². The molecule has 2 aromatic heterocycles. The molecule has 0 saturated carbocycles. The molecule has 0 aliphatic rings. The lowest BCUT2D eigenvalue weighted by molar-refractivity contribution is 0.0696. The number of aryl methyl sites for hydroxylation is 1.